The first-order chi connectivity index (χ1) is 18.1. The molecule has 1 N–H and O–H groups in total. The summed E-state index contributed by atoms with van der Waals surface area (Å²) in [6, 6.07) is 0. The number of carbonyl (C=O) groups excluding carboxylic acids is 1. The minimum atomic E-state index is -1.09. The van der Waals surface area contributed by atoms with Gasteiger partial charge in [-0.15, -0.1) is 6.58 Å². The quantitative estimate of drug-likeness (QED) is 0.284. The second-order valence-electron chi connectivity index (χ2n) is 16.3. The van der Waals surface area contributed by atoms with Crippen LogP contribution in [0.4, 0.5) is 0 Å². The van der Waals surface area contributed by atoms with Gasteiger partial charge in [0.2, 0.25) is 0 Å². The Hall–Kier alpha value is -1.32. The van der Waals surface area contributed by atoms with Crippen LogP contribution in [0.5, 0.6) is 0 Å². The van der Waals surface area contributed by atoms with Crippen molar-refractivity contribution in [3.05, 3.63) is 12.7 Å². The van der Waals surface area contributed by atoms with Crippen molar-refractivity contribution < 1.29 is 19.4 Å². The Morgan fingerprint density at radius 2 is 1.51 bits per heavy atom. The van der Waals surface area contributed by atoms with Gasteiger partial charge in [0.1, 0.15) is 6.10 Å². The predicted octanol–water partition coefficient (Wildman–Crippen LogP) is 9.08. The number of hydrogen-bond acceptors (Lipinski definition) is 3. The molecule has 5 rings (SSSR count). The standard InChI is InChI=1S/C32H52O4.C3H6/c1-28(2,27(34)35)19-26(33)36-25-14-18-32(7)23(29(25,3)4)13-17-31(6)22-12-16-30(5)15-8-9-21(30)20(22)10-11-24(31)32;1-3-2/h20-25H,8-19H2,1-7H3,(H,34,35);3H,1H2,2H3. The Morgan fingerprint density at radius 1 is 0.872 bits per heavy atom. The second kappa shape index (κ2) is 10.5. The molecule has 0 saturated heterocycles. The largest absolute Gasteiger partial charge is 0.481 e. The van der Waals surface area contributed by atoms with E-state index in [9.17, 15) is 14.7 Å². The number of hydrogen-bond donors (Lipinski definition) is 1. The van der Waals surface area contributed by atoms with Crippen molar-refractivity contribution in [1.82, 2.24) is 0 Å². The van der Waals surface area contributed by atoms with E-state index in [4.69, 9.17) is 4.74 Å². The summed E-state index contributed by atoms with van der Waals surface area (Å²) in [6.45, 7) is 21.0. The van der Waals surface area contributed by atoms with Crippen LogP contribution in [0.25, 0.3) is 0 Å². The van der Waals surface area contributed by atoms with E-state index in [1.54, 1.807) is 19.9 Å². The topological polar surface area (TPSA) is 63.6 Å². The fourth-order valence-electron chi connectivity index (χ4n) is 11.4. The van der Waals surface area contributed by atoms with Gasteiger partial charge in [-0.05, 0) is 131 Å². The first-order valence-corrected chi connectivity index (χ1v) is 16.1. The van der Waals surface area contributed by atoms with Gasteiger partial charge in [0, 0.05) is 5.41 Å². The van der Waals surface area contributed by atoms with Crippen molar-refractivity contribution in [3.63, 3.8) is 0 Å². The molecule has 5 aliphatic carbocycles. The van der Waals surface area contributed by atoms with E-state index in [2.05, 4.69) is 41.2 Å². The number of ether oxygens (including phenoxy) is 1. The number of carboxylic acids is 1. The van der Waals surface area contributed by atoms with E-state index in [1.165, 1.54) is 57.8 Å². The summed E-state index contributed by atoms with van der Waals surface area (Å²) in [5, 5.41) is 9.46. The van der Waals surface area contributed by atoms with Gasteiger partial charge in [-0.2, -0.15) is 0 Å². The van der Waals surface area contributed by atoms with Crippen LogP contribution in [-0.2, 0) is 14.3 Å². The highest BCUT2D eigenvalue weighted by atomic mass is 16.5. The molecule has 0 amide bonds. The molecule has 0 radical (unpaired) electrons. The molecule has 5 saturated carbocycles. The molecular weight excluding hydrogens is 484 g/mol. The molecule has 5 aliphatic rings. The summed E-state index contributed by atoms with van der Waals surface area (Å²) >= 11 is 0. The van der Waals surface area contributed by atoms with Crippen LogP contribution in [0.2, 0.25) is 0 Å². The Bertz CT molecular complexity index is 950. The fourth-order valence-corrected chi connectivity index (χ4v) is 11.4. The number of esters is 1. The lowest BCUT2D eigenvalue weighted by molar-refractivity contribution is -0.221. The molecule has 222 valence electrons. The summed E-state index contributed by atoms with van der Waals surface area (Å²) in [5.41, 5.74) is 0.171. The molecule has 5 fully saturated rings. The van der Waals surface area contributed by atoms with Crippen molar-refractivity contribution in [2.45, 2.75) is 139 Å². The van der Waals surface area contributed by atoms with Gasteiger partial charge >= 0.3 is 11.9 Å². The van der Waals surface area contributed by atoms with Crippen molar-refractivity contribution >= 4 is 11.9 Å². The van der Waals surface area contributed by atoms with E-state index in [-0.39, 0.29) is 23.9 Å². The molecule has 0 aromatic rings. The van der Waals surface area contributed by atoms with Crippen LogP contribution in [0, 0.1) is 56.7 Å². The lowest BCUT2D eigenvalue weighted by atomic mass is 9.36. The van der Waals surface area contributed by atoms with Crippen LogP contribution in [-0.4, -0.2) is 23.1 Å². The molecule has 4 nitrogen and oxygen atoms in total. The molecule has 0 spiro atoms. The van der Waals surface area contributed by atoms with E-state index in [0.29, 0.717) is 22.2 Å². The molecule has 9 unspecified atom stereocenters. The van der Waals surface area contributed by atoms with Crippen LogP contribution < -0.4 is 0 Å². The zero-order valence-corrected chi connectivity index (χ0v) is 26.4. The monoisotopic (exact) mass is 542 g/mol. The van der Waals surface area contributed by atoms with Crippen LogP contribution >= 0.6 is 0 Å². The summed E-state index contributed by atoms with van der Waals surface area (Å²) in [5.74, 6) is 2.79. The minimum Gasteiger partial charge on any atom is -0.481 e. The molecule has 4 heteroatoms. The van der Waals surface area contributed by atoms with E-state index in [1.807, 2.05) is 6.92 Å². The molecule has 0 aromatic carbocycles. The summed E-state index contributed by atoms with van der Waals surface area (Å²) in [6.07, 6.45) is 16.2. The van der Waals surface area contributed by atoms with Gasteiger partial charge < -0.3 is 9.84 Å². The molecule has 0 aromatic heterocycles. The van der Waals surface area contributed by atoms with Gasteiger partial charge in [-0.1, -0.05) is 47.1 Å². The number of carboxylic acid groups (broad SMARTS) is 1. The highest BCUT2D eigenvalue weighted by Gasteiger charge is 2.66. The van der Waals surface area contributed by atoms with Gasteiger partial charge in [0.25, 0.3) is 0 Å². The smallest absolute Gasteiger partial charge is 0.309 e. The normalized spacial score (nSPS) is 44.3. The van der Waals surface area contributed by atoms with Gasteiger partial charge in [0.15, 0.2) is 0 Å². The Morgan fingerprint density at radius 3 is 2.15 bits per heavy atom. The summed E-state index contributed by atoms with van der Waals surface area (Å²) in [7, 11) is 0. The first kappa shape index (κ1) is 30.6. The van der Waals surface area contributed by atoms with Crippen molar-refractivity contribution in [3.8, 4) is 0 Å². The zero-order valence-electron chi connectivity index (χ0n) is 26.4. The number of fused-ring (bicyclic) bond motifs is 7. The van der Waals surface area contributed by atoms with Gasteiger partial charge in [-0.3, -0.25) is 9.59 Å². The SMILES string of the molecule is C=CC.CC(C)(CC(=O)OC1CCC2(C)C(CCC3(C)C4CCC5(C)CCCC5C4CCC32)C1(C)C)C(=O)O. The Kier molecular flexibility index (Phi) is 8.25. The molecule has 0 aliphatic heterocycles. The predicted molar refractivity (Wildman–Crippen MR) is 158 cm³/mol. The molecule has 39 heavy (non-hydrogen) atoms. The first-order valence-electron chi connectivity index (χ1n) is 16.1. The number of aliphatic carboxylic acids is 1. The maximum Gasteiger partial charge on any atom is 0.309 e. The lowest BCUT2D eigenvalue weighted by Gasteiger charge is -2.69. The average molecular weight is 543 g/mol. The van der Waals surface area contributed by atoms with Gasteiger partial charge in [0.05, 0.1) is 11.8 Å². The van der Waals surface area contributed by atoms with E-state index >= 15 is 0 Å². The minimum absolute atomic E-state index is 0.0688. The highest BCUT2D eigenvalue weighted by molar-refractivity contribution is 5.81. The zero-order chi connectivity index (χ0) is 29.0. The van der Waals surface area contributed by atoms with E-state index < -0.39 is 11.4 Å². The van der Waals surface area contributed by atoms with Crippen molar-refractivity contribution in [2.24, 2.45) is 56.7 Å². The Balaban J connectivity index is 0.00000112. The van der Waals surface area contributed by atoms with Crippen LogP contribution in [0.3, 0.4) is 0 Å². The van der Waals surface area contributed by atoms with Crippen molar-refractivity contribution in [2.75, 3.05) is 0 Å². The van der Waals surface area contributed by atoms with Gasteiger partial charge in [-0.25, -0.2) is 0 Å². The molecular formula is C35H58O4. The summed E-state index contributed by atoms with van der Waals surface area (Å²) < 4.78 is 6.09. The number of carbonyl (C=O) groups is 2. The third-order valence-electron chi connectivity index (χ3n) is 13.3. The molecule has 0 heterocycles. The third kappa shape index (κ3) is 5.03. The maximum atomic E-state index is 12.8. The van der Waals surface area contributed by atoms with Crippen LogP contribution in [0.15, 0.2) is 12.7 Å². The number of allylic oxidation sites excluding steroid dienone is 1. The fraction of sp³-hybridized carbons (Fsp3) is 0.886. The van der Waals surface area contributed by atoms with Crippen LogP contribution in [0.1, 0.15) is 132 Å². The molecule has 0 bridgehead atoms. The Labute approximate surface area is 239 Å². The second-order valence-corrected chi connectivity index (χ2v) is 16.3. The van der Waals surface area contributed by atoms with E-state index in [0.717, 1.165) is 36.5 Å². The van der Waals surface area contributed by atoms with Crippen molar-refractivity contribution in [1.29, 1.82) is 0 Å². The number of rotatable bonds is 4. The average Bonchev–Trinajstić information content (AvgIpc) is 3.23. The highest BCUT2D eigenvalue weighted by Crippen LogP contribution is 2.73. The maximum absolute atomic E-state index is 12.8. The lowest BCUT2D eigenvalue weighted by Crippen LogP contribution is -2.63. The summed E-state index contributed by atoms with van der Waals surface area (Å²) in [4.78, 5) is 24.4. The third-order valence-corrected chi connectivity index (χ3v) is 13.3. The molecule has 9 atom stereocenters.